The normalized spacial score (nSPS) is 11.4. The zero-order chi connectivity index (χ0) is 24.1. The maximum Gasteiger partial charge on any atom is 0.307 e. The van der Waals surface area contributed by atoms with Crippen molar-refractivity contribution in [3.63, 3.8) is 0 Å². The fourth-order valence-electron chi connectivity index (χ4n) is 2.69. The third kappa shape index (κ3) is 9.00. The van der Waals surface area contributed by atoms with Crippen LogP contribution in [0.1, 0.15) is 60.1 Å². The molecule has 0 spiro atoms. The molecule has 2 aromatic carbocycles. The maximum atomic E-state index is 12.4. The summed E-state index contributed by atoms with van der Waals surface area (Å²) in [5.41, 5.74) is 1.73. The first-order valence-corrected chi connectivity index (χ1v) is 11.4. The van der Waals surface area contributed by atoms with Crippen LogP contribution in [0.15, 0.2) is 36.4 Å². The standard InChI is InChI=1S/C25H33NO5S.CH4/c1-24(2,3)23(29)26-18-9-11-19(17(14-18)15-32-25(4,5)6)31-21-12-16(13-22(27)28)8-10-20(21)30-7;/h8-12,14H,13,15H2,1-7H3,(H,26,29)(H,27,28);1H4. The molecule has 0 heterocycles. The summed E-state index contributed by atoms with van der Waals surface area (Å²) in [5.74, 6) is 1.28. The summed E-state index contributed by atoms with van der Waals surface area (Å²) in [6.45, 7) is 12.0. The molecule has 0 saturated heterocycles. The number of methoxy groups -OCH3 is 1. The summed E-state index contributed by atoms with van der Waals surface area (Å²) in [6.07, 6.45) is -0.106. The van der Waals surface area contributed by atoms with Crippen LogP contribution in [0.4, 0.5) is 5.69 Å². The number of benzene rings is 2. The van der Waals surface area contributed by atoms with Gasteiger partial charge in [-0.25, -0.2) is 0 Å². The summed E-state index contributed by atoms with van der Waals surface area (Å²) in [6, 6.07) is 10.6. The molecule has 0 unspecified atom stereocenters. The average Bonchev–Trinajstić information content (AvgIpc) is 2.66. The summed E-state index contributed by atoms with van der Waals surface area (Å²) in [5, 5.41) is 12.1. The van der Waals surface area contributed by atoms with Crippen molar-refractivity contribution in [1.29, 1.82) is 0 Å². The van der Waals surface area contributed by atoms with Crippen molar-refractivity contribution in [2.75, 3.05) is 12.4 Å². The Morgan fingerprint density at radius 2 is 1.61 bits per heavy atom. The number of nitrogens with one attached hydrogen (secondary N) is 1. The number of hydrogen-bond donors (Lipinski definition) is 2. The Bertz CT molecular complexity index is 974. The van der Waals surface area contributed by atoms with Crippen molar-refractivity contribution in [3.8, 4) is 17.2 Å². The molecule has 0 atom stereocenters. The molecule has 0 aliphatic carbocycles. The predicted molar refractivity (Wildman–Crippen MR) is 137 cm³/mol. The molecule has 33 heavy (non-hydrogen) atoms. The minimum atomic E-state index is -0.915. The average molecular weight is 476 g/mol. The highest BCUT2D eigenvalue weighted by atomic mass is 32.2. The number of thioether (sulfide) groups is 1. The lowest BCUT2D eigenvalue weighted by Gasteiger charge is -2.21. The van der Waals surface area contributed by atoms with Crippen LogP contribution in [0.5, 0.6) is 17.2 Å². The van der Waals surface area contributed by atoms with Gasteiger partial charge in [0.25, 0.3) is 0 Å². The molecule has 6 nitrogen and oxygen atoms in total. The number of rotatable bonds is 8. The zero-order valence-electron chi connectivity index (χ0n) is 19.9. The number of carboxylic acids is 1. The fraction of sp³-hybridized carbons (Fsp3) is 0.462. The van der Waals surface area contributed by atoms with Crippen molar-refractivity contribution in [3.05, 3.63) is 47.5 Å². The Morgan fingerprint density at radius 3 is 2.15 bits per heavy atom. The third-order valence-electron chi connectivity index (χ3n) is 4.46. The second-order valence-corrected chi connectivity index (χ2v) is 11.4. The largest absolute Gasteiger partial charge is 0.493 e. The lowest BCUT2D eigenvalue weighted by Crippen LogP contribution is -2.27. The van der Waals surface area contributed by atoms with Gasteiger partial charge in [0.15, 0.2) is 11.5 Å². The van der Waals surface area contributed by atoms with Gasteiger partial charge < -0.3 is 19.9 Å². The van der Waals surface area contributed by atoms with Gasteiger partial charge in [-0.05, 0) is 35.9 Å². The van der Waals surface area contributed by atoms with Gasteiger partial charge in [0, 0.05) is 27.2 Å². The van der Waals surface area contributed by atoms with Gasteiger partial charge in [0.05, 0.1) is 13.5 Å². The summed E-state index contributed by atoms with van der Waals surface area (Å²) in [4.78, 5) is 23.5. The lowest BCUT2D eigenvalue weighted by molar-refractivity contribution is -0.136. The smallest absolute Gasteiger partial charge is 0.307 e. The van der Waals surface area contributed by atoms with Gasteiger partial charge in [0.1, 0.15) is 5.75 Å². The highest BCUT2D eigenvalue weighted by Crippen LogP contribution is 2.38. The van der Waals surface area contributed by atoms with Crippen molar-refractivity contribution >= 4 is 29.3 Å². The van der Waals surface area contributed by atoms with Crippen LogP contribution in [0.25, 0.3) is 0 Å². The maximum absolute atomic E-state index is 12.4. The van der Waals surface area contributed by atoms with E-state index in [1.165, 1.54) is 0 Å². The van der Waals surface area contributed by atoms with Crippen molar-refractivity contribution in [1.82, 2.24) is 0 Å². The Morgan fingerprint density at radius 1 is 0.970 bits per heavy atom. The van der Waals surface area contributed by atoms with Crippen molar-refractivity contribution < 1.29 is 24.2 Å². The monoisotopic (exact) mass is 475 g/mol. The number of aliphatic carboxylic acids is 1. The van der Waals surface area contributed by atoms with E-state index in [0.717, 1.165) is 5.56 Å². The van der Waals surface area contributed by atoms with E-state index in [0.29, 0.717) is 34.3 Å². The first-order chi connectivity index (χ1) is 14.8. The van der Waals surface area contributed by atoms with Crippen LogP contribution in [0.3, 0.4) is 0 Å². The van der Waals surface area contributed by atoms with Crippen LogP contribution in [-0.4, -0.2) is 28.8 Å². The van der Waals surface area contributed by atoms with Crippen molar-refractivity contribution in [2.24, 2.45) is 5.41 Å². The van der Waals surface area contributed by atoms with E-state index in [4.69, 9.17) is 14.6 Å². The highest BCUT2D eigenvalue weighted by molar-refractivity contribution is 7.99. The number of ether oxygens (including phenoxy) is 2. The fourth-order valence-corrected chi connectivity index (χ4v) is 3.50. The molecule has 2 aromatic rings. The van der Waals surface area contributed by atoms with E-state index in [1.54, 1.807) is 43.1 Å². The SMILES string of the molecule is C.COc1ccc(CC(=O)O)cc1Oc1ccc(NC(=O)C(C)(C)C)cc1CSC(C)(C)C. The Labute approximate surface area is 202 Å². The molecule has 0 bridgehead atoms. The van der Waals surface area contributed by atoms with Gasteiger partial charge in [-0.1, -0.05) is 55.0 Å². The number of carbonyl (C=O) groups excluding carboxylic acids is 1. The van der Waals surface area contributed by atoms with Gasteiger partial charge in [-0.2, -0.15) is 11.8 Å². The van der Waals surface area contributed by atoms with E-state index in [1.807, 2.05) is 32.9 Å². The summed E-state index contributed by atoms with van der Waals surface area (Å²) >= 11 is 1.76. The quantitative estimate of drug-likeness (QED) is 0.438. The Balaban J connectivity index is 0.00000544. The second-order valence-electron chi connectivity index (χ2n) is 9.59. The predicted octanol–water partition coefficient (Wildman–Crippen LogP) is 6.77. The molecule has 0 aliphatic rings. The molecule has 0 aromatic heterocycles. The highest BCUT2D eigenvalue weighted by Gasteiger charge is 2.22. The molecular weight excluding hydrogens is 438 g/mol. The zero-order valence-corrected chi connectivity index (χ0v) is 20.7. The number of carboxylic acid groups (broad SMARTS) is 1. The van der Waals surface area contributed by atoms with E-state index in [2.05, 4.69) is 26.1 Å². The Hall–Kier alpha value is -2.67. The third-order valence-corrected chi connectivity index (χ3v) is 5.78. The molecule has 0 radical (unpaired) electrons. The summed E-state index contributed by atoms with van der Waals surface area (Å²) < 4.78 is 11.7. The van der Waals surface area contributed by atoms with Gasteiger partial charge in [-0.15, -0.1) is 0 Å². The second kappa shape index (κ2) is 11.5. The molecule has 0 fully saturated rings. The molecule has 7 heteroatoms. The molecule has 0 aliphatic heterocycles. The number of amides is 1. The van der Waals surface area contributed by atoms with E-state index >= 15 is 0 Å². The lowest BCUT2D eigenvalue weighted by atomic mass is 9.95. The van der Waals surface area contributed by atoms with Gasteiger partial charge in [0.2, 0.25) is 5.91 Å². The molecule has 182 valence electrons. The van der Waals surface area contributed by atoms with E-state index < -0.39 is 11.4 Å². The number of carbonyl (C=O) groups is 2. The minimum absolute atomic E-state index is 0. The van der Waals surface area contributed by atoms with Gasteiger partial charge in [-0.3, -0.25) is 9.59 Å². The van der Waals surface area contributed by atoms with Crippen LogP contribution in [0, 0.1) is 5.41 Å². The Kier molecular flexibility index (Phi) is 9.85. The molecule has 2 rings (SSSR count). The van der Waals surface area contributed by atoms with Crippen molar-refractivity contribution in [2.45, 2.75) is 65.9 Å². The number of anilines is 1. The minimum Gasteiger partial charge on any atom is -0.493 e. The molecule has 1 amide bonds. The molecular formula is C26H37NO5S. The van der Waals surface area contributed by atoms with Crippen LogP contribution in [0.2, 0.25) is 0 Å². The van der Waals surface area contributed by atoms with E-state index in [-0.39, 0.29) is 24.5 Å². The van der Waals surface area contributed by atoms with Crippen LogP contribution in [-0.2, 0) is 21.8 Å². The molecule has 2 N–H and O–H groups in total. The van der Waals surface area contributed by atoms with Gasteiger partial charge >= 0.3 is 5.97 Å². The molecule has 0 saturated carbocycles. The van der Waals surface area contributed by atoms with E-state index in [9.17, 15) is 9.59 Å². The first kappa shape index (κ1) is 28.4. The van der Waals surface area contributed by atoms with Crippen LogP contribution < -0.4 is 14.8 Å². The summed E-state index contributed by atoms with van der Waals surface area (Å²) in [7, 11) is 1.54. The van der Waals surface area contributed by atoms with Crippen LogP contribution >= 0.6 is 11.8 Å². The first-order valence-electron chi connectivity index (χ1n) is 10.4. The number of hydrogen-bond acceptors (Lipinski definition) is 5. The topological polar surface area (TPSA) is 84.9 Å².